The lowest BCUT2D eigenvalue weighted by atomic mass is 10.1. The number of nitrogens with zero attached hydrogens (tertiary/aromatic N) is 2. The topological polar surface area (TPSA) is 55.9 Å². The second-order valence-corrected chi connectivity index (χ2v) is 4.75. The summed E-state index contributed by atoms with van der Waals surface area (Å²) < 4.78 is 29.1. The Labute approximate surface area is 120 Å². The van der Waals surface area contributed by atoms with Crippen LogP contribution in [-0.2, 0) is 6.54 Å². The van der Waals surface area contributed by atoms with Crippen molar-refractivity contribution in [1.82, 2.24) is 15.0 Å². The number of aromatic nitrogens is 2. The van der Waals surface area contributed by atoms with Gasteiger partial charge in [0.05, 0.1) is 23.4 Å². The van der Waals surface area contributed by atoms with Gasteiger partial charge in [0.25, 0.3) is 0 Å². The van der Waals surface area contributed by atoms with Crippen LogP contribution in [0.3, 0.4) is 0 Å². The largest absolute Gasteiger partial charge is 0.329 e. The van der Waals surface area contributed by atoms with Crippen molar-refractivity contribution < 1.29 is 8.78 Å². The summed E-state index contributed by atoms with van der Waals surface area (Å²) in [6.07, 6.45) is 1.66. The minimum atomic E-state index is -0.886. The maximum atomic E-state index is 13.9. The monoisotopic (exact) mass is 288 g/mol. The smallest absolute Gasteiger partial charge is 0.163 e. The molecule has 0 amide bonds. The first-order chi connectivity index (χ1) is 10.2. The van der Waals surface area contributed by atoms with Gasteiger partial charge in [0.1, 0.15) is 0 Å². The fourth-order valence-electron chi connectivity index (χ4n) is 2.38. The van der Waals surface area contributed by atoms with Crippen molar-refractivity contribution in [3.8, 4) is 0 Å². The molecule has 1 unspecified atom stereocenters. The van der Waals surface area contributed by atoms with E-state index in [1.54, 1.807) is 6.33 Å². The molecule has 0 fully saturated rings. The molecule has 108 valence electrons. The van der Waals surface area contributed by atoms with E-state index in [0.29, 0.717) is 6.54 Å². The van der Waals surface area contributed by atoms with Gasteiger partial charge in [-0.15, -0.1) is 0 Å². The van der Waals surface area contributed by atoms with Crippen LogP contribution in [0.15, 0.2) is 48.8 Å². The number of hydrogen-bond donors (Lipinski definition) is 2. The first-order valence-corrected chi connectivity index (χ1v) is 6.50. The Morgan fingerprint density at radius 3 is 2.76 bits per heavy atom. The number of rotatable bonds is 4. The van der Waals surface area contributed by atoms with E-state index in [-0.39, 0.29) is 5.56 Å². The van der Waals surface area contributed by atoms with E-state index in [1.165, 1.54) is 12.1 Å². The van der Waals surface area contributed by atoms with Gasteiger partial charge in [-0.1, -0.05) is 24.3 Å². The van der Waals surface area contributed by atoms with Gasteiger partial charge in [-0.25, -0.2) is 13.8 Å². The van der Waals surface area contributed by atoms with Crippen molar-refractivity contribution >= 4 is 11.0 Å². The summed E-state index contributed by atoms with van der Waals surface area (Å²) in [4.78, 5) is 4.27. The Hall–Kier alpha value is -2.31. The molecule has 3 aromatic rings. The number of benzene rings is 2. The van der Waals surface area contributed by atoms with Crippen LogP contribution in [0.2, 0.25) is 0 Å². The van der Waals surface area contributed by atoms with Crippen LogP contribution in [0.1, 0.15) is 11.6 Å². The molecule has 1 atom stereocenters. The van der Waals surface area contributed by atoms with Crippen LogP contribution in [0.5, 0.6) is 0 Å². The highest BCUT2D eigenvalue weighted by molar-refractivity contribution is 5.74. The predicted molar refractivity (Wildman–Crippen MR) is 76.2 cm³/mol. The van der Waals surface area contributed by atoms with E-state index in [2.05, 4.69) is 10.4 Å². The fourth-order valence-corrected chi connectivity index (χ4v) is 2.38. The molecule has 4 nitrogen and oxygen atoms in total. The van der Waals surface area contributed by atoms with Crippen LogP contribution in [0.4, 0.5) is 8.78 Å². The molecule has 6 heteroatoms. The molecular weight excluding hydrogens is 274 g/mol. The summed E-state index contributed by atoms with van der Waals surface area (Å²) in [5.74, 6) is 3.74. The number of para-hydroxylation sites is 2. The van der Waals surface area contributed by atoms with Crippen molar-refractivity contribution in [2.24, 2.45) is 5.84 Å². The number of nitrogens with one attached hydrogen (secondary N) is 1. The lowest BCUT2D eigenvalue weighted by Gasteiger charge is -2.18. The second-order valence-electron chi connectivity index (χ2n) is 4.75. The highest BCUT2D eigenvalue weighted by atomic mass is 19.2. The lowest BCUT2D eigenvalue weighted by Crippen LogP contribution is -2.32. The van der Waals surface area contributed by atoms with Gasteiger partial charge in [0.2, 0.25) is 0 Å². The Kier molecular flexibility index (Phi) is 3.64. The summed E-state index contributed by atoms with van der Waals surface area (Å²) in [6, 6.07) is 11.1. The molecule has 2 aromatic carbocycles. The molecule has 0 aliphatic heterocycles. The number of hydrogen-bond acceptors (Lipinski definition) is 3. The number of halogens is 2. The van der Waals surface area contributed by atoms with Crippen LogP contribution in [-0.4, -0.2) is 9.55 Å². The van der Waals surface area contributed by atoms with Crippen LogP contribution < -0.4 is 11.3 Å². The van der Waals surface area contributed by atoms with Crippen LogP contribution in [0.25, 0.3) is 11.0 Å². The predicted octanol–water partition coefficient (Wildman–Crippen LogP) is 2.52. The molecule has 3 N–H and O–H groups in total. The first-order valence-electron chi connectivity index (χ1n) is 6.50. The number of fused-ring (bicyclic) bond motifs is 1. The van der Waals surface area contributed by atoms with E-state index in [0.717, 1.165) is 17.1 Å². The zero-order valence-corrected chi connectivity index (χ0v) is 11.1. The third-order valence-corrected chi connectivity index (χ3v) is 3.46. The highest BCUT2D eigenvalue weighted by Gasteiger charge is 2.18. The molecule has 0 aliphatic carbocycles. The quantitative estimate of drug-likeness (QED) is 0.573. The average molecular weight is 288 g/mol. The van der Waals surface area contributed by atoms with Crippen molar-refractivity contribution in [3.63, 3.8) is 0 Å². The zero-order chi connectivity index (χ0) is 14.8. The first kappa shape index (κ1) is 13.7. The Morgan fingerprint density at radius 2 is 1.95 bits per heavy atom. The summed E-state index contributed by atoms with van der Waals surface area (Å²) in [5.41, 5.74) is 4.48. The number of hydrazine groups is 1. The molecule has 1 heterocycles. The summed E-state index contributed by atoms with van der Waals surface area (Å²) in [6.45, 7) is 0.345. The fraction of sp³-hybridized carbons (Fsp3) is 0.133. The molecule has 0 spiro atoms. The molecule has 21 heavy (non-hydrogen) atoms. The standard InChI is InChI=1S/C15H14F2N4/c16-11-5-3-4-10(15(11)17)13(20-18)8-21-9-19-12-6-1-2-7-14(12)21/h1-7,9,13,20H,8,18H2. The Bertz CT molecular complexity index is 769. The average Bonchev–Trinajstić information content (AvgIpc) is 2.91. The van der Waals surface area contributed by atoms with Gasteiger partial charge < -0.3 is 4.57 Å². The third kappa shape index (κ3) is 2.51. The van der Waals surface area contributed by atoms with Crippen LogP contribution in [0, 0.1) is 11.6 Å². The Balaban J connectivity index is 1.96. The van der Waals surface area contributed by atoms with Crippen molar-refractivity contribution in [2.45, 2.75) is 12.6 Å². The van der Waals surface area contributed by atoms with E-state index in [4.69, 9.17) is 5.84 Å². The maximum Gasteiger partial charge on any atom is 0.163 e. The molecule has 3 rings (SSSR count). The van der Waals surface area contributed by atoms with Gasteiger partial charge in [-0.05, 0) is 18.2 Å². The number of imidazole rings is 1. The van der Waals surface area contributed by atoms with Crippen molar-refractivity contribution in [1.29, 1.82) is 0 Å². The normalized spacial score (nSPS) is 12.7. The highest BCUT2D eigenvalue weighted by Crippen LogP contribution is 2.22. The molecule has 0 saturated heterocycles. The molecular formula is C15H14F2N4. The second kappa shape index (κ2) is 5.59. The van der Waals surface area contributed by atoms with Gasteiger partial charge in [0, 0.05) is 12.1 Å². The lowest BCUT2D eigenvalue weighted by molar-refractivity contribution is 0.436. The molecule has 0 bridgehead atoms. The summed E-state index contributed by atoms with van der Waals surface area (Å²) in [5, 5.41) is 0. The van der Waals surface area contributed by atoms with E-state index >= 15 is 0 Å². The van der Waals surface area contributed by atoms with Gasteiger partial charge in [-0.3, -0.25) is 11.3 Å². The third-order valence-electron chi connectivity index (χ3n) is 3.46. The molecule has 1 aromatic heterocycles. The maximum absolute atomic E-state index is 13.9. The van der Waals surface area contributed by atoms with Crippen LogP contribution >= 0.6 is 0 Å². The minimum Gasteiger partial charge on any atom is -0.329 e. The molecule has 0 aliphatic rings. The van der Waals surface area contributed by atoms with Gasteiger partial charge in [-0.2, -0.15) is 0 Å². The van der Waals surface area contributed by atoms with Crippen molar-refractivity contribution in [2.75, 3.05) is 0 Å². The van der Waals surface area contributed by atoms with E-state index in [9.17, 15) is 8.78 Å². The Morgan fingerprint density at radius 1 is 1.14 bits per heavy atom. The summed E-state index contributed by atoms with van der Waals surface area (Å²) >= 11 is 0. The molecule has 0 saturated carbocycles. The van der Waals surface area contributed by atoms with E-state index < -0.39 is 17.7 Å². The van der Waals surface area contributed by atoms with Crippen molar-refractivity contribution in [3.05, 3.63) is 66.0 Å². The van der Waals surface area contributed by atoms with E-state index in [1.807, 2.05) is 28.8 Å². The summed E-state index contributed by atoms with van der Waals surface area (Å²) in [7, 11) is 0. The molecule has 0 radical (unpaired) electrons. The number of nitrogens with two attached hydrogens (primary N) is 1. The zero-order valence-electron chi connectivity index (χ0n) is 11.1. The van der Waals surface area contributed by atoms with Gasteiger partial charge in [0.15, 0.2) is 11.6 Å². The minimum absolute atomic E-state index is 0.190. The SMILES string of the molecule is NNC(Cn1cnc2ccccc21)c1cccc(F)c1F. The van der Waals surface area contributed by atoms with Gasteiger partial charge >= 0.3 is 0 Å².